The highest BCUT2D eigenvalue weighted by atomic mass is 16.5. The molecule has 1 saturated carbocycles. The topological polar surface area (TPSA) is 67.6 Å². The fourth-order valence-corrected chi connectivity index (χ4v) is 3.84. The van der Waals surface area contributed by atoms with E-state index < -0.39 is 5.54 Å². The molecule has 138 valence electrons. The lowest BCUT2D eigenvalue weighted by atomic mass is 9.81. The number of methoxy groups -OCH3 is 1. The molecule has 0 saturated heterocycles. The van der Waals surface area contributed by atoms with E-state index >= 15 is 0 Å². The third-order valence-corrected chi connectivity index (χ3v) is 5.38. The minimum absolute atomic E-state index is 0.142. The molecule has 1 aliphatic heterocycles. The Morgan fingerprint density at radius 1 is 1.26 bits per heavy atom. The molecule has 0 radical (unpaired) electrons. The van der Waals surface area contributed by atoms with Crippen LogP contribution in [0.5, 0.6) is 5.75 Å². The Hall–Kier alpha value is -3.13. The van der Waals surface area contributed by atoms with Crippen molar-refractivity contribution in [3.63, 3.8) is 0 Å². The Morgan fingerprint density at radius 3 is 2.63 bits per heavy atom. The Labute approximate surface area is 159 Å². The molecule has 1 atom stereocenters. The SMILES string of the molecule is COc1ccc(CN2C(=O)NC(C#CN)(C3CC3)c3cc(C)ccc32)cc1. The van der Waals surface area contributed by atoms with Gasteiger partial charge in [0.15, 0.2) is 0 Å². The molecule has 5 nitrogen and oxygen atoms in total. The van der Waals surface area contributed by atoms with Crippen LogP contribution in [0.25, 0.3) is 0 Å². The van der Waals surface area contributed by atoms with Gasteiger partial charge in [0.25, 0.3) is 0 Å². The highest BCUT2D eigenvalue weighted by molar-refractivity contribution is 5.97. The van der Waals surface area contributed by atoms with Gasteiger partial charge in [-0.25, -0.2) is 4.79 Å². The number of rotatable bonds is 4. The number of nitrogens with one attached hydrogen (secondary N) is 1. The van der Waals surface area contributed by atoms with Gasteiger partial charge in [-0.2, -0.15) is 0 Å². The molecule has 1 fully saturated rings. The Kier molecular flexibility index (Phi) is 4.19. The van der Waals surface area contributed by atoms with Crippen molar-refractivity contribution in [2.75, 3.05) is 12.0 Å². The van der Waals surface area contributed by atoms with Crippen molar-refractivity contribution in [2.45, 2.75) is 31.8 Å². The molecule has 4 rings (SSSR count). The van der Waals surface area contributed by atoms with Gasteiger partial charge in [-0.3, -0.25) is 4.90 Å². The number of amides is 2. The van der Waals surface area contributed by atoms with Crippen LogP contribution in [0.4, 0.5) is 10.5 Å². The van der Waals surface area contributed by atoms with Crippen LogP contribution in [-0.2, 0) is 12.1 Å². The summed E-state index contributed by atoms with van der Waals surface area (Å²) >= 11 is 0. The standard InChI is InChI=1S/C22H23N3O2/c1-15-3-10-20-19(13-15)22(11-12-23,17-6-7-17)24-21(26)25(20)14-16-4-8-18(27-2)9-5-16/h3-5,8-10,13,17H,6-7,14,23H2,1-2H3,(H,24,26). The van der Waals surface area contributed by atoms with Crippen molar-refractivity contribution in [3.8, 4) is 17.7 Å². The van der Waals surface area contributed by atoms with Gasteiger partial charge in [0, 0.05) is 11.6 Å². The van der Waals surface area contributed by atoms with Crippen LogP contribution in [0.1, 0.15) is 29.5 Å². The maximum absolute atomic E-state index is 13.1. The zero-order valence-corrected chi connectivity index (χ0v) is 15.6. The number of aryl methyl sites for hydroxylation is 1. The molecule has 2 aromatic carbocycles. The van der Waals surface area contributed by atoms with Gasteiger partial charge < -0.3 is 15.8 Å². The predicted molar refractivity (Wildman–Crippen MR) is 105 cm³/mol. The summed E-state index contributed by atoms with van der Waals surface area (Å²) in [6.07, 6.45) is 2.08. The average Bonchev–Trinajstić information content (AvgIpc) is 3.51. The van der Waals surface area contributed by atoms with E-state index in [0.717, 1.165) is 41.0 Å². The largest absolute Gasteiger partial charge is 0.497 e. The lowest BCUT2D eigenvalue weighted by molar-refractivity contribution is 0.231. The number of nitrogens with two attached hydrogens (primary N) is 1. The summed E-state index contributed by atoms with van der Waals surface area (Å²) in [5.41, 5.74) is 9.01. The van der Waals surface area contributed by atoms with Gasteiger partial charge >= 0.3 is 6.03 Å². The first-order chi connectivity index (χ1) is 13.1. The first-order valence-corrected chi connectivity index (χ1v) is 9.14. The summed E-state index contributed by atoms with van der Waals surface area (Å²) in [6.45, 7) is 2.53. The predicted octanol–water partition coefficient (Wildman–Crippen LogP) is 3.26. The molecule has 2 aliphatic rings. The molecule has 1 heterocycles. The van der Waals surface area contributed by atoms with Crippen LogP contribution in [0, 0.1) is 24.8 Å². The molecule has 1 aliphatic carbocycles. The third-order valence-electron chi connectivity index (χ3n) is 5.38. The minimum atomic E-state index is -0.691. The van der Waals surface area contributed by atoms with Gasteiger partial charge in [0.05, 0.1) is 19.3 Å². The molecule has 2 amide bonds. The second-order valence-electron chi connectivity index (χ2n) is 7.24. The summed E-state index contributed by atoms with van der Waals surface area (Å²) < 4.78 is 5.22. The van der Waals surface area contributed by atoms with E-state index in [0.29, 0.717) is 12.5 Å². The molecule has 0 aromatic heterocycles. The van der Waals surface area contributed by atoms with Gasteiger partial charge in [0.2, 0.25) is 0 Å². The van der Waals surface area contributed by atoms with Crippen molar-refractivity contribution in [3.05, 3.63) is 59.2 Å². The van der Waals surface area contributed by atoms with E-state index in [4.69, 9.17) is 10.5 Å². The highest BCUT2D eigenvalue weighted by Gasteiger charge is 2.51. The van der Waals surface area contributed by atoms with Gasteiger partial charge in [-0.05, 0) is 55.4 Å². The lowest BCUT2D eigenvalue weighted by Crippen LogP contribution is -2.57. The lowest BCUT2D eigenvalue weighted by Gasteiger charge is -2.41. The van der Waals surface area contributed by atoms with Gasteiger partial charge in [-0.15, -0.1) is 0 Å². The first-order valence-electron chi connectivity index (χ1n) is 9.14. The number of hydrogen-bond donors (Lipinski definition) is 2. The van der Waals surface area contributed by atoms with Crippen LogP contribution in [-0.4, -0.2) is 13.1 Å². The Balaban J connectivity index is 1.77. The van der Waals surface area contributed by atoms with Crippen molar-refractivity contribution < 1.29 is 9.53 Å². The van der Waals surface area contributed by atoms with Crippen molar-refractivity contribution in [1.29, 1.82) is 0 Å². The summed E-state index contributed by atoms with van der Waals surface area (Å²) in [5, 5.41) is 3.18. The second kappa shape index (κ2) is 6.55. The third kappa shape index (κ3) is 2.97. The van der Waals surface area contributed by atoms with Crippen LogP contribution in [0.15, 0.2) is 42.5 Å². The zero-order chi connectivity index (χ0) is 19.0. The molecule has 0 spiro atoms. The second-order valence-corrected chi connectivity index (χ2v) is 7.24. The van der Waals surface area contributed by atoms with Crippen LogP contribution in [0.3, 0.4) is 0 Å². The smallest absolute Gasteiger partial charge is 0.323 e. The first kappa shape index (κ1) is 17.3. The van der Waals surface area contributed by atoms with E-state index in [2.05, 4.69) is 30.3 Å². The van der Waals surface area contributed by atoms with Crippen molar-refractivity contribution >= 4 is 11.7 Å². The quantitative estimate of drug-likeness (QED) is 0.649. The van der Waals surface area contributed by atoms with Crippen molar-refractivity contribution in [2.24, 2.45) is 11.7 Å². The molecular formula is C22H23N3O2. The molecular weight excluding hydrogens is 338 g/mol. The number of ether oxygens (including phenoxy) is 1. The molecule has 5 heteroatoms. The Bertz CT molecular complexity index is 938. The fourth-order valence-electron chi connectivity index (χ4n) is 3.84. The van der Waals surface area contributed by atoms with Crippen LogP contribution in [0.2, 0.25) is 0 Å². The summed E-state index contributed by atoms with van der Waals surface area (Å²) in [6, 6.07) is 16.4. The summed E-state index contributed by atoms with van der Waals surface area (Å²) in [5.74, 6) is 4.23. The van der Waals surface area contributed by atoms with E-state index in [1.54, 1.807) is 12.0 Å². The van der Waals surface area contributed by atoms with E-state index in [1.165, 1.54) is 0 Å². The summed E-state index contributed by atoms with van der Waals surface area (Å²) in [4.78, 5) is 14.8. The monoisotopic (exact) mass is 361 g/mol. The van der Waals surface area contributed by atoms with Crippen LogP contribution >= 0.6 is 0 Å². The maximum atomic E-state index is 13.1. The fraction of sp³-hybridized carbons (Fsp3) is 0.318. The maximum Gasteiger partial charge on any atom is 0.323 e. The molecule has 3 N–H and O–H groups in total. The van der Waals surface area contributed by atoms with Crippen LogP contribution < -0.4 is 20.7 Å². The zero-order valence-electron chi connectivity index (χ0n) is 15.6. The van der Waals surface area contributed by atoms with Gasteiger partial charge in [0.1, 0.15) is 11.3 Å². The number of benzene rings is 2. The number of carbonyl (C=O) groups is 1. The van der Waals surface area contributed by atoms with Crippen molar-refractivity contribution in [1.82, 2.24) is 5.32 Å². The van der Waals surface area contributed by atoms with Gasteiger partial charge in [-0.1, -0.05) is 29.8 Å². The number of urea groups is 1. The number of carbonyl (C=O) groups excluding carboxylic acids is 1. The normalized spacial score (nSPS) is 21.0. The molecule has 27 heavy (non-hydrogen) atoms. The average molecular weight is 361 g/mol. The number of fused-ring (bicyclic) bond motifs is 1. The Morgan fingerprint density at radius 2 is 2.00 bits per heavy atom. The highest BCUT2D eigenvalue weighted by Crippen LogP contribution is 2.50. The van der Waals surface area contributed by atoms with E-state index in [9.17, 15) is 4.79 Å². The molecule has 1 unspecified atom stereocenters. The number of nitrogens with zero attached hydrogens (tertiary/aromatic N) is 1. The van der Waals surface area contributed by atoms with E-state index in [-0.39, 0.29) is 6.03 Å². The minimum Gasteiger partial charge on any atom is -0.497 e. The van der Waals surface area contributed by atoms with E-state index in [1.807, 2.05) is 36.4 Å². The summed E-state index contributed by atoms with van der Waals surface area (Å²) in [7, 11) is 1.64. The molecule has 0 bridgehead atoms. The number of anilines is 1. The molecule has 2 aromatic rings. The number of hydrogen-bond acceptors (Lipinski definition) is 3.